The van der Waals surface area contributed by atoms with Crippen LogP contribution in [0.5, 0.6) is 0 Å². The Hall–Kier alpha value is -0.980. The van der Waals surface area contributed by atoms with Crippen LogP contribution < -0.4 is 11.1 Å². The Morgan fingerprint density at radius 2 is 2.09 bits per heavy atom. The van der Waals surface area contributed by atoms with Gasteiger partial charge in [-0.1, -0.05) is 38.5 Å². The minimum absolute atomic E-state index is 0. The fourth-order valence-corrected chi connectivity index (χ4v) is 3.56. The third-order valence-electron chi connectivity index (χ3n) is 3.74. The SMILES string of the molecule is CCCC(C)(N)C(=O)Nc1nc2c(s1)C(=O)CC(C)(C)C2.Cl. The minimum Gasteiger partial charge on any atom is -0.318 e. The number of rotatable bonds is 4. The molecule has 0 radical (unpaired) electrons. The van der Waals surface area contributed by atoms with Crippen LogP contribution in [0, 0.1) is 5.41 Å². The van der Waals surface area contributed by atoms with Crippen LogP contribution in [0.4, 0.5) is 5.13 Å². The fraction of sp³-hybridized carbons (Fsp3) is 0.667. The van der Waals surface area contributed by atoms with E-state index in [0.717, 1.165) is 18.5 Å². The van der Waals surface area contributed by atoms with E-state index in [4.69, 9.17) is 5.73 Å². The Balaban J connectivity index is 0.00000242. The average molecular weight is 346 g/mol. The van der Waals surface area contributed by atoms with E-state index in [1.54, 1.807) is 6.92 Å². The summed E-state index contributed by atoms with van der Waals surface area (Å²) in [4.78, 5) is 29.4. The molecule has 0 saturated heterocycles. The van der Waals surface area contributed by atoms with Gasteiger partial charge in [-0.15, -0.1) is 12.4 Å². The highest BCUT2D eigenvalue weighted by molar-refractivity contribution is 7.17. The van der Waals surface area contributed by atoms with Gasteiger partial charge in [0.2, 0.25) is 5.91 Å². The number of anilines is 1. The second-order valence-corrected chi connectivity index (χ2v) is 7.86. The first-order valence-corrected chi connectivity index (χ1v) is 8.09. The Bertz CT molecular complexity index is 581. The van der Waals surface area contributed by atoms with Crippen molar-refractivity contribution in [2.24, 2.45) is 11.1 Å². The van der Waals surface area contributed by atoms with E-state index in [0.29, 0.717) is 22.9 Å². The molecule has 1 atom stereocenters. The molecule has 0 saturated carbocycles. The summed E-state index contributed by atoms with van der Waals surface area (Å²) in [5.74, 6) is -0.134. The monoisotopic (exact) mass is 345 g/mol. The van der Waals surface area contributed by atoms with Crippen LogP contribution >= 0.6 is 23.7 Å². The van der Waals surface area contributed by atoms with Gasteiger partial charge < -0.3 is 11.1 Å². The Morgan fingerprint density at radius 3 is 2.68 bits per heavy atom. The number of thiazole rings is 1. The molecule has 1 aliphatic carbocycles. The van der Waals surface area contributed by atoms with E-state index in [9.17, 15) is 9.59 Å². The molecule has 0 aliphatic heterocycles. The summed E-state index contributed by atoms with van der Waals surface area (Å²) in [5.41, 5.74) is 5.83. The molecule has 1 amide bonds. The number of hydrogen-bond acceptors (Lipinski definition) is 5. The number of hydrogen-bond donors (Lipinski definition) is 2. The van der Waals surface area contributed by atoms with Crippen molar-refractivity contribution >= 4 is 40.6 Å². The quantitative estimate of drug-likeness (QED) is 0.877. The zero-order chi connectivity index (χ0) is 15.8. The lowest BCUT2D eigenvalue weighted by molar-refractivity contribution is -0.120. The Kier molecular flexibility index (Phi) is 5.76. The number of carbonyl (C=O) groups excluding carboxylic acids is 2. The summed E-state index contributed by atoms with van der Waals surface area (Å²) in [7, 11) is 0. The number of nitrogens with two attached hydrogens (primary N) is 1. The predicted octanol–water partition coefficient (Wildman–Crippen LogP) is 3.18. The maximum absolute atomic E-state index is 12.2. The summed E-state index contributed by atoms with van der Waals surface area (Å²) < 4.78 is 0. The molecule has 5 nitrogen and oxygen atoms in total. The van der Waals surface area contributed by atoms with Crippen LogP contribution in [0.2, 0.25) is 0 Å². The van der Waals surface area contributed by atoms with Gasteiger partial charge in [0.15, 0.2) is 10.9 Å². The third kappa shape index (κ3) is 4.06. The van der Waals surface area contributed by atoms with E-state index in [1.165, 1.54) is 11.3 Å². The lowest BCUT2D eigenvalue weighted by atomic mass is 9.78. The Morgan fingerprint density at radius 1 is 1.45 bits per heavy atom. The number of halogens is 1. The van der Waals surface area contributed by atoms with Crippen LogP contribution in [0.15, 0.2) is 0 Å². The lowest BCUT2D eigenvalue weighted by Gasteiger charge is -2.26. The molecule has 7 heteroatoms. The zero-order valence-electron chi connectivity index (χ0n) is 13.5. The fourth-order valence-electron chi connectivity index (χ4n) is 2.65. The molecule has 1 aliphatic rings. The van der Waals surface area contributed by atoms with Gasteiger partial charge in [0.05, 0.1) is 16.1 Å². The molecule has 0 bridgehead atoms. The van der Waals surface area contributed by atoms with E-state index in [-0.39, 0.29) is 29.5 Å². The molecule has 3 N–H and O–H groups in total. The molecular weight excluding hydrogens is 322 g/mol. The van der Waals surface area contributed by atoms with E-state index < -0.39 is 5.54 Å². The number of Topliss-reactive ketones (excluding diaryl/α,β-unsaturated/α-hetero) is 1. The maximum atomic E-state index is 12.2. The van der Waals surface area contributed by atoms with Crippen LogP contribution in [-0.4, -0.2) is 22.2 Å². The van der Waals surface area contributed by atoms with Crippen molar-refractivity contribution in [1.82, 2.24) is 4.98 Å². The first-order valence-electron chi connectivity index (χ1n) is 7.28. The van der Waals surface area contributed by atoms with Crippen molar-refractivity contribution in [1.29, 1.82) is 0 Å². The highest BCUT2D eigenvalue weighted by Crippen LogP contribution is 2.38. The lowest BCUT2D eigenvalue weighted by Crippen LogP contribution is -2.48. The highest BCUT2D eigenvalue weighted by atomic mass is 35.5. The number of fused-ring (bicyclic) bond motifs is 1. The molecule has 22 heavy (non-hydrogen) atoms. The maximum Gasteiger partial charge on any atom is 0.245 e. The molecule has 1 aromatic rings. The Labute approximate surface area is 141 Å². The van der Waals surface area contributed by atoms with Crippen molar-refractivity contribution in [2.75, 3.05) is 5.32 Å². The van der Waals surface area contributed by atoms with Gasteiger partial charge in [-0.05, 0) is 25.2 Å². The molecule has 124 valence electrons. The van der Waals surface area contributed by atoms with Crippen LogP contribution in [0.1, 0.15) is 62.3 Å². The second-order valence-electron chi connectivity index (χ2n) is 6.86. The molecule has 1 aromatic heterocycles. The highest BCUT2D eigenvalue weighted by Gasteiger charge is 2.35. The first kappa shape index (κ1) is 19.1. The smallest absolute Gasteiger partial charge is 0.245 e. The summed E-state index contributed by atoms with van der Waals surface area (Å²) in [6, 6.07) is 0. The number of ketones is 1. The first-order chi connectivity index (χ1) is 9.64. The summed E-state index contributed by atoms with van der Waals surface area (Å²) in [6.45, 7) is 7.82. The number of carbonyl (C=O) groups is 2. The summed E-state index contributed by atoms with van der Waals surface area (Å²) in [5, 5.41) is 3.24. The second kappa shape index (κ2) is 6.64. The van der Waals surface area contributed by atoms with E-state index in [1.807, 2.05) is 6.92 Å². The number of amides is 1. The van der Waals surface area contributed by atoms with Crippen molar-refractivity contribution in [3.63, 3.8) is 0 Å². The summed E-state index contributed by atoms with van der Waals surface area (Å²) >= 11 is 1.26. The third-order valence-corrected chi connectivity index (χ3v) is 4.80. The molecule has 1 unspecified atom stereocenters. The minimum atomic E-state index is -0.912. The average Bonchev–Trinajstić information content (AvgIpc) is 2.69. The van der Waals surface area contributed by atoms with Gasteiger partial charge in [-0.25, -0.2) is 4.98 Å². The van der Waals surface area contributed by atoms with Crippen LogP contribution in [-0.2, 0) is 11.2 Å². The molecule has 0 aromatic carbocycles. The molecule has 0 spiro atoms. The van der Waals surface area contributed by atoms with Crippen molar-refractivity contribution in [2.45, 2.75) is 58.9 Å². The summed E-state index contributed by atoms with van der Waals surface area (Å²) in [6.07, 6.45) is 2.73. The van der Waals surface area contributed by atoms with Gasteiger partial charge in [-0.3, -0.25) is 9.59 Å². The molecule has 0 fully saturated rings. The van der Waals surface area contributed by atoms with E-state index >= 15 is 0 Å². The van der Waals surface area contributed by atoms with Gasteiger partial charge >= 0.3 is 0 Å². The topological polar surface area (TPSA) is 85.1 Å². The van der Waals surface area contributed by atoms with Crippen LogP contribution in [0.25, 0.3) is 0 Å². The van der Waals surface area contributed by atoms with Gasteiger partial charge in [0.1, 0.15) is 0 Å². The molecule has 1 heterocycles. The van der Waals surface area contributed by atoms with E-state index in [2.05, 4.69) is 24.1 Å². The van der Waals surface area contributed by atoms with Gasteiger partial charge in [0.25, 0.3) is 0 Å². The van der Waals surface area contributed by atoms with Crippen molar-refractivity contribution in [3.8, 4) is 0 Å². The van der Waals surface area contributed by atoms with Gasteiger partial charge in [-0.2, -0.15) is 0 Å². The van der Waals surface area contributed by atoms with Crippen molar-refractivity contribution < 1.29 is 9.59 Å². The normalized spacial score (nSPS) is 18.9. The zero-order valence-corrected chi connectivity index (χ0v) is 15.1. The standard InChI is InChI=1S/C15H23N3O2S.ClH/c1-5-6-15(4,16)12(20)18-13-17-9-7-14(2,3)8-10(19)11(9)21-13;/h5-8,16H2,1-4H3,(H,17,18,20);1H. The number of aromatic nitrogens is 1. The molecular formula is C15H24ClN3O2S. The predicted molar refractivity (Wildman–Crippen MR) is 91.9 cm³/mol. The van der Waals surface area contributed by atoms with Gasteiger partial charge in [0, 0.05) is 6.42 Å². The molecule has 2 rings (SSSR count). The van der Waals surface area contributed by atoms with Crippen molar-refractivity contribution in [3.05, 3.63) is 10.6 Å². The largest absolute Gasteiger partial charge is 0.318 e. The number of nitrogens with one attached hydrogen (secondary N) is 1. The van der Waals surface area contributed by atoms with Crippen LogP contribution in [0.3, 0.4) is 0 Å². The number of nitrogens with zero attached hydrogens (tertiary/aromatic N) is 1.